The van der Waals surface area contributed by atoms with Gasteiger partial charge >= 0.3 is 26.9 Å². The number of alkyl halides is 3. The highest BCUT2D eigenvalue weighted by Gasteiger charge is 2.61. The summed E-state index contributed by atoms with van der Waals surface area (Å²) < 4.78 is 48.8. The lowest BCUT2D eigenvalue weighted by molar-refractivity contribution is -0.137. The average Bonchev–Trinajstić information content (AvgIpc) is 3.52. The van der Waals surface area contributed by atoms with E-state index < -0.39 is 61.4 Å². The van der Waals surface area contributed by atoms with Crippen LogP contribution in [0.1, 0.15) is 42.4 Å². The Hall–Kier alpha value is -2.51. The van der Waals surface area contributed by atoms with Gasteiger partial charge in [0.2, 0.25) is 5.91 Å². The lowest BCUT2D eigenvalue weighted by atomic mass is 9.87. The molecule has 4 rings (SSSR count). The number of ether oxygens (including phenoxy) is 1. The summed E-state index contributed by atoms with van der Waals surface area (Å²) >= 11 is 5.78. The van der Waals surface area contributed by atoms with Gasteiger partial charge in [0.1, 0.15) is 12.1 Å². The first kappa shape index (κ1) is 27.5. The number of urea groups is 1. The summed E-state index contributed by atoms with van der Waals surface area (Å²) in [6, 6.07) is 1.11. The third-order valence-electron chi connectivity index (χ3n) is 6.49. The van der Waals surface area contributed by atoms with Crippen LogP contribution in [-0.4, -0.2) is 62.3 Å². The predicted molar refractivity (Wildman–Crippen MR) is 119 cm³/mol. The highest BCUT2D eigenvalue weighted by atomic mass is 35.5. The van der Waals surface area contributed by atoms with E-state index in [1.807, 2.05) is 0 Å². The lowest BCUT2D eigenvalue weighted by Crippen LogP contribution is -2.50. The first-order valence-corrected chi connectivity index (χ1v) is 12.7. The number of carbonyl (C=O) groups excluding carboxylic acids is 4. The van der Waals surface area contributed by atoms with Crippen molar-refractivity contribution in [3.8, 4) is 0 Å². The highest BCUT2D eigenvalue weighted by Crippen LogP contribution is 2.46. The van der Waals surface area contributed by atoms with Crippen molar-refractivity contribution in [2.75, 3.05) is 13.2 Å². The van der Waals surface area contributed by atoms with Crippen LogP contribution in [0.5, 0.6) is 0 Å². The maximum atomic E-state index is 13.2. The van der Waals surface area contributed by atoms with E-state index >= 15 is 0 Å². The first-order valence-electron chi connectivity index (χ1n) is 11.1. The zero-order chi connectivity index (χ0) is 27.1. The molecule has 1 aliphatic carbocycles. The monoisotopic (exact) mass is 567 g/mol. The minimum atomic E-state index is -4.64. The van der Waals surface area contributed by atoms with Gasteiger partial charge in [-0.3, -0.25) is 9.59 Å². The van der Waals surface area contributed by atoms with Crippen LogP contribution in [0.4, 0.5) is 22.8 Å². The van der Waals surface area contributed by atoms with Crippen molar-refractivity contribution in [1.29, 1.82) is 0 Å². The number of nitrogens with zero attached hydrogens (tertiary/aromatic N) is 2. The third kappa shape index (κ3) is 5.68. The van der Waals surface area contributed by atoms with Crippen LogP contribution in [0.25, 0.3) is 0 Å². The van der Waals surface area contributed by atoms with E-state index in [2.05, 4.69) is 9.84 Å². The molecule has 11 nitrogen and oxygen atoms in total. The molecule has 0 spiro atoms. The van der Waals surface area contributed by atoms with Gasteiger partial charge in [0, 0.05) is 19.5 Å². The fraction of sp³-hybridized carbons (Fsp3) is 0.524. The number of imide groups is 3. The SMILES string of the molecule is O=C(CC[C@]1(C2CC2)NC(=O)N(C(=O)OCCOP(O)O)C1=O)N1Cc2cc(Cl)c(C(F)(F)F)cc2C1. The molecule has 3 N–H and O–H groups in total. The standard InChI is InChI=1S/C21H22ClF3N3O8P/c22-15-8-12-10-27(9-11(12)7-14(15)21(23,24)25)16(29)3-4-20(13-1-2-13)17(30)28(18(31)26-20)19(32)35-5-6-36-37(33)34/h7-8,13,33-34H,1-6,9-10H2,(H,26,31)/t20-/m1/s1. The number of amides is 5. The molecule has 0 radical (unpaired) electrons. The summed E-state index contributed by atoms with van der Waals surface area (Å²) in [6.07, 6.45) is -5.06. The lowest BCUT2D eigenvalue weighted by Gasteiger charge is -2.27. The quantitative estimate of drug-likeness (QED) is 0.247. The summed E-state index contributed by atoms with van der Waals surface area (Å²) in [7, 11) is -2.66. The minimum absolute atomic E-state index is 0.0488. The van der Waals surface area contributed by atoms with E-state index in [0.717, 1.165) is 6.07 Å². The molecule has 5 amide bonds. The summed E-state index contributed by atoms with van der Waals surface area (Å²) in [5.41, 5.74) is -1.67. The Morgan fingerprint density at radius 1 is 1.16 bits per heavy atom. The van der Waals surface area contributed by atoms with Crippen LogP contribution >= 0.6 is 20.2 Å². The second-order valence-corrected chi connectivity index (χ2v) is 10.0. The average molecular weight is 568 g/mol. The number of hydrogen-bond acceptors (Lipinski definition) is 8. The Balaban J connectivity index is 1.40. The maximum absolute atomic E-state index is 13.2. The number of rotatable bonds is 8. The first-order chi connectivity index (χ1) is 17.3. The smallest absolute Gasteiger partial charge is 0.425 e. The third-order valence-corrected chi connectivity index (χ3v) is 7.22. The number of nitrogens with one attached hydrogen (secondary N) is 1. The topological polar surface area (TPSA) is 146 Å². The Morgan fingerprint density at radius 2 is 1.81 bits per heavy atom. The van der Waals surface area contributed by atoms with Gasteiger partial charge < -0.3 is 29.3 Å². The second-order valence-electron chi connectivity index (χ2n) is 8.87. The molecule has 2 fully saturated rings. The van der Waals surface area contributed by atoms with Crippen LogP contribution in [0, 0.1) is 5.92 Å². The van der Waals surface area contributed by atoms with E-state index in [4.69, 9.17) is 26.1 Å². The molecule has 1 aromatic rings. The Kier molecular flexibility index (Phi) is 7.69. The Bertz CT molecular complexity index is 1130. The molecule has 0 unspecified atom stereocenters. The number of halogens is 4. The zero-order valence-electron chi connectivity index (χ0n) is 19.1. The van der Waals surface area contributed by atoms with Crippen LogP contribution in [0.3, 0.4) is 0 Å². The van der Waals surface area contributed by atoms with E-state index in [1.54, 1.807) is 0 Å². The number of fused-ring (bicyclic) bond motifs is 1. The Morgan fingerprint density at radius 3 is 2.41 bits per heavy atom. The summed E-state index contributed by atoms with van der Waals surface area (Å²) in [5.74, 6) is -1.60. The van der Waals surface area contributed by atoms with Gasteiger partial charge in [-0.2, -0.15) is 18.1 Å². The predicted octanol–water partition coefficient (Wildman–Crippen LogP) is 3.05. The van der Waals surface area contributed by atoms with Gasteiger partial charge in [0.15, 0.2) is 0 Å². The molecule has 2 heterocycles. The van der Waals surface area contributed by atoms with E-state index in [-0.39, 0.29) is 38.5 Å². The van der Waals surface area contributed by atoms with Crippen molar-refractivity contribution in [3.63, 3.8) is 0 Å². The molecule has 2 aliphatic heterocycles. The largest absolute Gasteiger partial charge is 0.446 e. The molecular formula is C21H22ClF3N3O8P. The maximum Gasteiger partial charge on any atom is 0.425 e. The molecule has 16 heteroatoms. The molecule has 1 atom stereocenters. The van der Waals surface area contributed by atoms with E-state index in [9.17, 15) is 32.3 Å². The van der Waals surface area contributed by atoms with E-state index in [1.165, 1.54) is 11.0 Å². The number of carbonyl (C=O) groups is 4. The minimum Gasteiger partial charge on any atom is -0.446 e. The number of hydrogen-bond donors (Lipinski definition) is 3. The highest BCUT2D eigenvalue weighted by molar-refractivity contribution is 7.39. The van der Waals surface area contributed by atoms with Crippen LogP contribution in [-0.2, 0) is 38.1 Å². The van der Waals surface area contributed by atoms with Crippen molar-refractivity contribution in [3.05, 3.63) is 33.8 Å². The van der Waals surface area contributed by atoms with Gasteiger partial charge in [-0.15, -0.1) is 0 Å². The van der Waals surface area contributed by atoms with Crippen LogP contribution < -0.4 is 5.32 Å². The molecule has 0 aromatic heterocycles. The summed E-state index contributed by atoms with van der Waals surface area (Å²) in [5, 5.41) is 2.07. The summed E-state index contributed by atoms with van der Waals surface area (Å²) in [6.45, 7) is -0.826. The molecule has 1 saturated heterocycles. The normalized spacial score (nSPS) is 21.5. The van der Waals surface area contributed by atoms with Crippen molar-refractivity contribution >= 4 is 44.1 Å². The fourth-order valence-corrected chi connectivity index (χ4v) is 5.10. The fourth-order valence-electron chi connectivity index (χ4n) is 4.57. The molecular weight excluding hydrogens is 546 g/mol. The van der Waals surface area contributed by atoms with Crippen molar-refractivity contribution in [1.82, 2.24) is 15.1 Å². The second kappa shape index (κ2) is 10.3. The van der Waals surface area contributed by atoms with E-state index in [0.29, 0.717) is 28.9 Å². The van der Waals surface area contributed by atoms with Gasteiger partial charge in [-0.25, -0.2) is 9.59 Å². The van der Waals surface area contributed by atoms with Crippen LogP contribution in [0.2, 0.25) is 5.02 Å². The van der Waals surface area contributed by atoms with Crippen molar-refractivity contribution in [2.45, 2.75) is 50.5 Å². The summed E-state index contributed by atoms with van der Waals surface area (Å²) in [4.78, 5) is 69.9. The van der Waals surface area contributed by atoms with Crippen molar-refractivity contribution < 1.29 is 51.4 Å². The number of benzene rings is 1. The molecule has 202 valence electrons. The van der Waals surface area contributed by atoms with Gasteiger partial charge in [-0.1, -0.05) is 11.6 Å². The Labute approximate surface area is 214 Å². The van der Waals surface area contributed by atoms with Gasteiger partial charge in [0.25, 0.3) is 5.91 Å². The molecule has 1 saturated carbocycles. The molecule has 0 bridgehead atoms. The van der Waals surface area contributed by atoms with Crippen LogP contribution in [0.15, 0.2) is 12.1 Å². The zero-order valence-corrected chi connectivity index (χ0v) is 20.7. The molecule has 37 heavy (non-hydrogen) atoms. The molecule has 1 aromatic carbocycles. The molecule has 3 aliphatic rings. The van der Waals surface area contributed by atoms with Gasteiger partial charge in [-0.05, 0) is 48.4 Å². The van der Waals surface area contributed by atoms with Crippen molar-refractivity contribution in [2.24, 2.45) is 5.92 Å². The van der Waals surface area contributed by atoms with Gasteiger partial charge in [0.05, 0.1) is 17.2 Å².